The second-order valence-electron chi connectivity index (χ2n) is 5.25. The molecule has 6 heteroatoms. The third-order valence-electron chi connectivity index (χ3n) is 3.45. The molecule has 0 saturated carbocycles. The first kappa shape index (κ1) is 15.0. The average Bonchev–Trinajstić information content (AvgIpc) is 3.17. The zero-order valence-corrected chi connectivity index (χ0v) is 13.1. The van der Waals surface area contributed by atoms with E-state index in [0.29, 0.717) is 17.2 Å². The molecule has 1 atom stereocenters. The number of hydrogen-bond donors (Lipinski definition) is 0. The molecule has 1 unspecified atom stereocenters. The van der Waals surface area contributed by atoms with Crippen molar-refractivity contribution in [1.82, 2.24) is 10.2 Å². The summed E-state index contributed by atoms with van der Waals surface area (Å²) in [6.07, 6.45) is 0.794. The molecule has 23 heavy (non-hydrogen) atoms. The standard InChI is InChI=1S/C17H16N2O4/c1-10-4-6-13(7-5-10)16-19-18-15(23-16)12(3)22-17(20)14-8-9-21-11(14)2/h4-9,12H,1-3H3. The van der Waals surface area contributed by atoms with Crippen LogP contribution in [0.3, 0.4) is 0 Å². The van der Waals surface area contributed by atoms with Crippen LogP contribution in [-0.2, 0) is 4.74 Å². The van der Waals surface area contributed by atoms with Gasteiger partial charge in [-0.3, -0.25) is 0 Å². The van der Waals surface area contributed by atoms with Gasteiger partial charge in [0.15, 0.2) is 6.10 Å². The van der Waals surface area contributed by atoms with E-state index in [-0.39, 0.29) is 5.89 Å². The highest BCUT2D eigenvalue weighted by Crippen LogP contribution is 2.24. The van der Waals surface area contributed by atoms with Crippen LogP contribution in [0.2, 0.25) is 0 Å². The van der Waals surface area contributed by atoms with Crippen LogP contribution in [0.1, 0.15) is 40.6 Å². The highest BCUT2D eigenvalue weighted by Gasteiger charge is 2.21. The number of carbonyl (C=O) groups is 1. The largest absolute Gasteiger partial charge is 0.469 e. The summed E-state index contributed by atoms with van der Waals surface area (Å²) in [6, 6.07) is 9.29. The van der Waals surface area contributed by atoms with Crippen LogP contribution in [-0.4, -0.2) is 16.2 Å². The zero-order valence-electron chi connectivity index (χ0n) is 13.1. The van der Waals surface area contributed by atoms with E-state index in [2.05, 4.69) is 10.2 Å². The molecule has 3 rings (SSSR count). The first-order chi connectivity index (χ1) is 11.0. The number of carbonyl (C=O) groups excluding carboxylic acids is 1. The highest BCUT2D eigenvalue weighted by atomic mass is 16.6. The first-order valence-corrected chi connectivity index (χ1v) is 7.20. The second kappa shape index (κ2) is 6.08. The van der Waals surface area contributed by atoms with Crippen molar-refractivity contribution in [3.8, 4) is 11.5 Å². The van der Waals surface area contributed by atoms with Gasteiger partial charge in [0, 0.05) is 5.56 Å². The number of aromatic nitrogens is 2. The van der Waals surface area contributed by atoms with Crippen LogP contribution >= 0.6 is 0 Å². The third-order valence-corrected chi connectivity index (χ3v) is 3.45. The van der Waals surface area contributed by atoms with Crippen molar-refractivity contribution in [2.24, 2.45) is 0 Å². The molecular formula is C17H16N2O4. The number of furan rings is 1. The predicted octanol–water partition coefficient (Wildman–Crippen LogP) is 3.86. The van der Waals surface area contributed by atoms with Crippen molar-refractivity contribution in [2.75, 3.05) is 0 Å². The lowest BCUT2D eigenvalue weighted by molar-refractivity contribution is 0.0278. The van der Waals surface area contributed by atoms with Gasteiger partial charge in [-0.15, -0.1) is 10.2 Å². The molecule has 0 N–H and O–H groups in total. The molecule has 0 radical (unpaired) electrons. The van der Waals surface area contributed by atoms with Crippen molar-refractivity contribution in [1.29, 1.82) is 0 Å². The van der Waals surface area contributed by atoms with Gasteiger partial charge in [-0.25, -0.2) is 4.79 Å². The Bertz CT molecular complexity index is 817. The van der Waals surface area contributed by atoms with E-state index >= 15 is 0 Å². The van der Waals surface area contributed by atoms with Crippen molar-refractivity contribution < 1.29 is 18.4 Å². The maximum absolute atomic E-state index is 12.1. The molecule has 3 aromatic rings. The molecule has 0 amide bonds. The van der Waals surface area contributed by atoms with Gasteiger partial charge < -0.3 is 13.6 Å². The Morgan fingerprint density at radius 2 is 1.87 bits per heavy atom. The van der Waals surface area contributed by atoms with Crippen LogP contribution in [0.5, 0.6) is 0 Å². The SMILES string of the molecule is Cc1ccc(-c2nnc(C(C)OC(=O)c3ccoc3C)o2)cc1. The minimum absolute atomic E-state index is 0.245. The fourth-order valence-corrected chi connectivity index (χ4v) is 2.08. The van der Waals surface area contributed by atoms with Gasteiger partial charge in [0.25, 0.3) is 5.89 Å². The van der Waals surface area contributed by atoms with Crippen molar-refractivity contribution in [2.45, 2.75) is 26.9 Å². The number of ether oxygens (including phenoxy) is 1. The molecule has 118 valence electrons. The van der Waals surface area contributed by atoms with Gasteiger partial charge >= 0.3 is 5.97 Å². The Morgan fingerprint density at radius 1 is 1.13 bits per heavy atom. The van der Waals surface area contributed by atoms with Crippen molar-refractivity contribution in [3.05, 3.63) is 59.4 Å². The summed E-state index contributed by atoms with van der Waals surface area (Å²) in [5, 5.41) is 7.95. The molecule has 0 aliphatic heterocycles. The lowest BCUT2D eigenvalue weighted by Gasteiger charge is -2.08. The predicted molar refractivity (Wildman–Crippen MR) is 81.7 cm³/mol. The maximum Gasteiger partial charge on any atom is 0.342 e. The molecule has 2 heterocycles. The van der Waals surface area contributed by atoms with E-state index in [1.807, 2.05) is 31.2 Å². The van der Waals surface area contributed by atoms with Gasteiger partial charge in [0.1, 0.15) is 11.3 Å². The summed E-state index contributed by atoms with van der Waals surface area (Å²) in [4.78, 5) is 12.1. The summed E-state index contributed by atoms with van der Waals surface area (Å²) < 4.78 is 16.0. The van der Waals surface area contributed by atoms with Gasteiger partial charge in [0.2, 0.25) is 5.89 Å². The Hall–Kier alpha value is -2.89. The van der Waals surface area contributed by atoms with Crippen LogP contribution < -0.4 is 0 Å². The minimum Gasteiger partial charge on any atom is -0.469 e. The molecule has 1 aromatic carbocycles. The lowest BCUT2D eigenvalue weighted by Crippen LogP contribution is -2.09. The van der Waals surface area contributed by atoms with Gasteiger partial charge in [-0.1, -0.05) is 17.7 Å². The quantitative estimate of drug-likeness (QED) is 0.681. The fraction of sp³-hybridized carbons (Fsp3) is 0.235. The molecule has 2 aromatic heterocycles. The summed E-state index contributed by atoms with van der Waals surface area (Å²) in [5.41, 5.74) is 2.35. The Morgan fingerprint density at radius 3 is 2.52 bits per heavy atom. The van der Waals surface area contributed by atoms with Crippen molar-refractivity contribution in [3.63, 3.8) is 0 Å². The van der Waals surface area contributed by atoms with E-state index in [0.717, 1.165) is 11.1 Å². The second-order valence-corrected chi connectivity index (χ2v) is 5.25. The minimum atomic E-state index is -0.650. The number of nitrogens with zero attached hydrogens (tertiary/aromatic N) is 2. The van der Waals surface area contributed by atoms with E-state index in [4.69, 9.17) is 13.6 Å². The summed E-state index contributed by atoms with van der Waals surface area (Å²) in [6.45, 7) is 5.38. The summed E-state index contributed by atoms with van der Waals surface area (Å²) in [5.74, 6) is 0.657. The fourth-order valence-electron chi connectivity index (χ4n) is 2.08. The molecule has 0 bridgehead atoms. The lowest BCUT2D eigenvalue weighted by atomic mass is 10.1. The molecule has 0 aliphatic rings. The number of aryl methyl sites for hydroxylation is 2. The summed E-state index contributed by atoms with van der Waals surface area (Å²) >= 11 is 0. The van der Waals surface area contributed by atoms with Gasteiger partial charge in [-0.05, 0) is 39.0 Å². The Balaban J connectivity index is 1.73. The molecule has 0 aliphatic carbocycles. The maximum atomic E-state index is 12.1. The van der Waals surface area contributed by atoms with E-state index < -0.39 is 12.1 Å². The monoisotopic (exact) mass is 312 g/mol. The normalized spacial score (nSPS) is 12.1. The topological polar surface area (TPSA) is 78.4 Å². The highest BCUT2D eigenvalue weighted by molar-refractivity contribution is 5.90. The third kappa shape index (κ3) is 3.15. The Kier molecular flexibility index (Phi) is 3.97. The Labute approximate surface area is 133 Å². The van der Waals surface area contributed by atoms with E-state index in [1.54, 1.807) is 19.9 Å². The van der Waals surface area contributed by atoms with Crippen LogP contribution in [0.25, 0.3) is 11.5 Å². The molecule has 0 spiro atoms. The number of esters is 1. The van der Waals surface area contributed by atoms with E-state index in [9.17, 15) is 4.79 Å². The van der Waals surface area contributed by atoms with Crippen molar-refractivity contribution >= 4 is 5.97 Å². The van der Waals surface area contributed by atoms with Crippen LogP contribution in [0, 0.1) is 13.8 Å². The molecule has 0 saturated heterocycles. The molecule has 6 nitrogen and oxygen atoms in total. The van der Waals surface area contributed by atoms with Crippen LogP contribution in [0.15, 0.2) is 45.4 Å². The number of hydrogen-bond acceptors (Lipinski definition) is 6. The van der Waals surface area contributed by atoms with E-state index in [1.165, 1.54) is 6.26 Å². The van der Waals surface area contributed by atoms with Gasteiger partial charge in [0.05, 0.1) is 6.26 Å². The molecular weight excluding hydrogens is 296 g/mol. The van der Waals surface area contributed by atoms with Crippen LogP contribution in [0.4, 0.5) is 0 Å². The number of benzene rings is 1. The summed E-state index contributed by atoms with van der Waals surface area (Å²) in [7, 11) is 0. The molecule has 0 fully saturated rings. The smallest absolute Gasteiger partial charge is 0.342 e. The zero-order chi connectivity index (χ0) is 16.4. The van der Waals surface area contributed by atoms with Gasteiger partial charge in [-0.2, -0.15) is 0 Å². The first-order valence-electron chi connectivity index (χ1n) is 7.20. The average molecular weight is 312 g/mol. The number of rotatable bonds is 4.